The van der Waals surface area contributed by atoms with Crippen LogP contribution >= 0.6 is 11.3 Å². The highest BCUT2D eigenvalue weighted by molar-refractivity contribution is 7.17. The Labute approximate surface area is 173 Å². The van der Waals surface area contributed by atoms with E-state index in [-0.39, 0.29) is 5.91 Å². The minimum Gasteiger partial charge on any atom is -0.453 e. The van der Waals surface area contributed by atoms with Gasteiger partial charge in [0.15, 0.2) is 0 Å². The van der Waals surface area contributed by atoms with E-state index in [0.717, 1.165) is 55.4 Å². The van der Waals surface area contributed by atoms with Crippen molar-refractivity contribution < 1.29 is 19.1 Å². The van der Waals surface area contributed by atoms with Crippen LogP contribution in [0.25, 0.3) is 0 Å². The van der Waals surface area contributed by atoms with Crippen LogP contribution in [0.15, 0.2) is 18.2 Å². The van der Waals surface area contributed by atoms with E-state index in [0.29, 0.717) is 16.1 Å². The van der Waals surface area contributed by atoms with Crippen molar-refractivity contribution in [1.82, 2.24) is 5.32 Å². The summed E-state index contributed by atoms with van der Waals surface area (Å²) in [6, 6.07) is 5.85. The molecule has 2 aromatic rings. The van der Waals surface area contributed by atoms with Gasteiger partial charge in [-0.25, -0.2) is 4.79 Å². The summed E-state index contributed by atoms with van der Waals surface area (Å²) in [6.07, 6.45) is 7.29. The maximum atomic E-state index is 12.9. The molecular weight excluding hydrogens is 388 g/mol. The third-order valence-corrected chi connectivity index (χ3v) is 6.84. The van der Waals surface area contributed by atoms with E-state index in [9.17, 15) is 14.4 Å². The predicted octanol–water partition coefficient (Wildman–Crippen LogP) is 4.25. The molecular formula is C22H24N2O4S. The highest BCUT2D eigenvalue weighted by Gasteiger charge is 2.27. The molecule has 1 aromatic heterocycles. The van der Waals surface area contributed by atoms with Crippen LogP contribution in [0, 0.1) is 0 Å². The number of hydrogen-bond acceptors (Lipinski definition) is 5. The highest BCUT2D eigenvalue weighted by atomic mass is 32.1. The maximum absolute atomic E-state index is 12.9. The summed E-state index contributed by atoms with van der Waals surface area (Å²) in [5, 5.41) is 5.66. The molecule has 29 heavy (non-hydrogen) atoms. The van der Waals surface area contributed by atoms with Gasteiger partial charge in [-0.3, -0.25) is 14.9 Å². The lowest BCUT2D eigenvalue weighted by atomic mass is 9.90. The molecule has 0 fully saturated rings. The Balaban J connectivity index is 1.62. The second-order valence-corrected chi connectivity index (χ2v) is 8.61. The molecule has 3 amide bonds. The molecule has 0 unspecified atom stereocenters. The van der Waals surface area contributed by atoms with Gasteiger partial charge in [0, 0.05) is 10.4 Å². The zero-order valence-electron chi connectivity index (χ0n) is 16.4. The van der Waals surface area contributed by atoms with Crippen LogP contribution in [-0.2, 0) is 30.4 Å². The van der Waals surface area contributed by atoms with Gasteiger partial charge < -0.3 is 10.1 Å². The van der Waals surface area contributed by atoms with Crippen molar-refractivity contribution >= 4 is 34.2 Å². The molecule has 7 heteroatoms. The molecule has 152 valence electrons. The van der Waals surface area contributed by atoms with Gasteiger partial charge in [0.2, 0.25) is 0 Å². The van der Waals surface area contributed by atoms with Gasteiger partial charge in [-0.05, 0) is 80.2 Å². The van der Waals surface area contributed by atoms with Gasteiger partial charge in [0.05, 0.1) is 12.7 Å². The fourth-order valence-corrected chi connectivity index (χ4v) is 5.43. The highest BCUT2D eigenvalue weighted by Crippen LogP contribution is 2.38. The Morgan fingerprint density at radius 1 is 0.931 bits per heavy atom. The minimum atomic E-state index is -0.808. The Morgan fingerprint density at radius 2 is 1.66 bits per heavy atom. The van der Waals surface area contributed by atoms with Crippen molar-refractivity contribution in [2.24, 2.45) is 0 Å². The number of nitrogens with one attached hydrogen (secondary N) is 2. The number of ether oxygens (including phenoxy) is 1. The summed E-state index contributed by atoms with van der Waals surface area (Å²) in [4.78, 5) is 38.3. The van der Waals surface area contributed by atoms with E-state index in [1.54, 1.807) is 0 Å². The van der Waals surface area contributed by atoms with Crippen molar-refractivity contribution in [3.63, 3.8) is 0 Å². The number of benzene rings is 1. The Hall–Kier alpha value is -2.67. The summed E-state index contributed by atoms with van der Waals surface area (Å²) in [5.74, 6) is -0.763. The van der Waals surface area contributed by atoms with Gasteiger partial charge in [-0.15, -0.1) is 11.3 Å². The van der Waals surface area contributed by atoms with Gasteiger partial charge in [0.25, 0.3) is 11.8 Å². The van der Waals surface area contributed by atoms with Crippen LogP contribution in [0.2, 0.25) is 0 Å². The Kier molecular flexibility index (Phi) is 5.67. The number of amides is 3. The molecule has 0 saturated heterocycles. The second kappa shape index (κ2) is 8.37. The molecule has 1 aromatic carbocycles. The second-order valence-electron chi connectivity index (χ2n) is 7.51. The summed E-state index contributed by atoms with van der Waals surface area (Å²) in [7, 11) is 1.21. The number of thiophene rings is 1. The molecule has 0 saturated carbocycles. The number of imide groups is 1. The molecule has 2 N–H and O–H groups in total. The van der Waals surface area contributed by atoms with Crippen molar-refractivity contribution in [2.45, 2.75) is 51.4 Å². The first-order valence-corrected chi connectivity index (χ1v) is 10.9. The molecule has 0 radical (unpaired) electrons. The Morgan fingerprint density at radius 3 is 2.45 bits per heavy atom. The number of hydrogen-bond donors (Lipinski definition) is 2. The van der Waals surface area contributed by atoms with E-state index in [1.165, 1.54) is 36.0 Å². The lowest BCUT2D eigenvalue weighted by molar-refractivity contribution is 0.0937. The van der Waals surface area contributed by atoms with Crippen molar-refractivity contribution in [3.05, 3.63) is 50.9 Å². The van der Waals surface area contributed by atoms with Crippen LogP contribution in [0.5, 0.6) is 0 Å². The van der Waals surface area contributed by atoms with E-state index in [2.05, 4.69) is 15.4 Å². The number of alkyl carbamates (subject to hydrolysis) is 1. The number of anilines is 1. The number of aryl methyl sites for hydroxylation is 3. The summed E-state index contributed by atoms with van der Waals surface area (Å²) in [6.45, 7) is 0. The average molecular weight is 413 g/mol. The molecule has 1 heterocycles. The number of fused-ring (bicyclic) bond motifs is 2. The minimum absolute atomic E-state index is 0.232. The van der Waals surface area contributed by atoms with Gasteiger partial charge >= 0.3 is 6.09 Å². The summed E-state index contributed by atoms with van der Waals surface area (Å²) >= 11 is 1.43. The van der Waals surface area contributed by atoms with Crippen molar-refractivity contribution in [1.29, 1.82) is 0 Å². The molecule has 4 rings (SSSR count). The average Bonchev–Trinajstić information content (AvgIpc) is 3.11. The van der Waals surface area contributed by atoms with Gasteiger partial charge in [-0.1, -0.05) is 6.07 Å². The molecule has 2 aliphatic carbocycles. The van der Waals surface area contributed by atoms with E-state index in [4.69, 9.17) is 0 Å². The van der Waals surface area contributed by atoms with E-state index >= 15 is 0 Å². The largest absolute Gasteiger partial charge is 0.453 e. The van der Waals surface area contributed by atoms with Crippen LogP contribution < -0.4 is 10.6 Å². The molecule has 0 aliphatic heterocycles. The van der Waals surface area contributed by atoms with Gasteiger partial charge in [0.1, 0.15) is 5.00 Å². The third-order valence-electron chi connectivity index (χ3n) is 5.64. The lowest BCUT2D eigenvalue weighted by Crippen LogP contribution is -2.31. The molecule has 0 atom stereocenters. The first-order valence-electron chi connectivity index (χ1n) is 10.0. The Bertz CT molecular complexity index is 979. The topological polar surface area (TPSA) is 84.5 Å². The monoisotopic (exact) mass is 412 g/mol. The molecule has 0 bridgehead atoms. The lowest BCUT2D eigenvalue weighted by Gasteiger charge is -2.16. The standard InChI is InChI=1S/C22H24N2O4S/c1-28-22(27)24-20(26)18-16-8-4-5-9-17(16)29-21(18)23-19(25)15-11-10-13-6-2-3-7-14(13)12-15/h10-12H,2-9H2,1H3,(H,23,25)(H,24,26,27). The molecule has 6 nitrogen and oxygen atoms in total. The first-order chi connectivity index (χ1) is 14.1. The normalized spacial score (nSPS) is 15.1. The number of carbonyl (C=O) groups excluding carboxylic acids is 3. The fourth-order valence-electron chi connectivity index (χ4n) is 4.15. The zero-order chi connectivity index (χ0) is 20.4. The summed E-state index contributed by atoms with van der Waals surface area (Å²) in [5.41, 5.74) is 4.47. The van der Waals surface area contributed by atoms with Crippen LogP contribution in [0.4, 0.5) is 9.80 Å². The smallest absolute Gasteiger partial charge is 0.413 e. The number of carbonyl (C=O) groups is 3. The van der Waals surface area contributed by atoms with Crippen molar-refractivity contribution in [3.8, 4) is 0 Å². The SMILES string of the molecule is COC(=O)NC(=O)c1c(NC(=O)c2ccc3c(c2)CCCC3)sc2c1CCCC2. The van der Waals surface area contributed by atoms with Crippen LogP contribution in [-0.4, -0.2) is 25.0 Å². The van der Waals surface area contributed by atoms with Gasteiger partial charge in [-0.2, -0.15) is 0 Å². The van der Waals surface area contributed by atoms with E-state index in [1.807, 2.05) is 18.2 Å². The van der Waals surface area contributed by atoms with E-state index < -0.39 is 12.0 Å². The van der Waals surface area contributed by atoms with Crippen LogP contribution in [0.1, 0.15) is 68.0 Å². The van der Waals surface area contributed by atoms with Crippen molar-refractivity contribution in [2.75, 3.05) is 12.4 Å². The first kappa shape index (κ1) is 19.6. The zero-order valence-corrected chi connectivity index (χ0v) is 17.2. The third kappa shape index (κ3) is 4.05. The molecule has 0 spiro atoms. The quantitative estimate of drug-likeness (QED) is 0.789. The summed E-state index contributed by atoms with van der Waals surface area (Å²) < 4.78 is 4.55. The molecule has 2 aliphatic rings. The maximum Gasteiger partial charge on any atom is 0.413 e. The number of rotatable bonds is 3. The fraction of sp³-hybridized carbons (Fsp3) is 0.409. The van der Waals surface area contributed by atoms with Crippen LogP contribution in [0.3, 0.4) is 0 Å². The number of methoxy groups -OCH3 is 1. The predicted molar refractivity (Wildman–Crippen MR) is 112 cm³/mol.